The van der Waals surface area contributed by atoms with Gasteiger partial charge in [-0.2, -0.15) is 0 Å². The van der Waals surface area contributed by atoms with Crippen molar-refractivity contribution in [3.8, 4) is 5.88 Å². The molecule has 0 aliphatic rings. The average Bonchev–Trinajstić information content (AvgIpc) is 2.26. The molecule has 6 heteroatoms. The van der Waals surface area contributed by atoms with Gasteiger partial charge < -0.3 is 10.5 Å². The third-order valence-corrected chi connectivity index (χ3v) is 2.12. The van der Waals surface area contributed by atoms with Crippen LogP contribution in [0.5, 0.6) is 5.88 Å². The van der Waals surface area contributed by atoms with Crippen molar-refractivity contribution in [2.24, 2.45) is 5.73 Å². The number of ether oxygens (including phenoxy) is 1. The van der Waals surface area contributed by atoms with E-state index in [1.165, 1.54) is 13.3 Å². The van der Waals surface area contributed by atoms with Crippen LogP contribution in [0.25, 0.3) is 6.08 Å². The molecular formula is C10H13N3O3. The van der Waals surface area contributed by atoms with Crippen LogP contribution in [0, 0.1) is 17.0 Å². The molecule has 0 saturated carbocycles. The third kappa shape index (κ3) is 2.34. The number of pyridine rings is 1. The summed E-state index contributed by atoms with van der Waals surface area (Å²) in [5.74, 6) is 0.0207. The second kappa shape index (κ2) is 5.22. The summed E-state index contributed by atoms with van der Waals surface area (Å²) in [6, 6.07) is 0. The predicted octanol–water partition coefficient (Wildman–Crippen LogP) is 1.28. The number of rotatable bonds is 4. The molecule has 2 N–H and O–H groups in total. The molecule has 0 aromatic carbocycles. The van der Waals surface area contributed by atoms with Crippen LogP contribution < -0.4 is 10.5 Å². The highest BCUT2D eigenvalue weighted by Gasteiger charge is 2.21. The Kier molecular flexibility index (Phi) is 3.96. The summed E-state index contributed by atoms with van der Waals surface area (Å²) in [7, 11) is 1.35. The Balaban J connectivity index is 3.31. The highest BCUT2D eigenvalue weighted by molar-refractivity contribution is 5.61. The summed E-state index contributed by atoms with van der Waals surface area (Å²) in [6.07, 6.45) is 4.93. The van der Waals surface area contributed by atoms with Gasteiger partial charge in [-0.25, -0.2) is 4.98 Å². The van der Waals surface area contributed by atoms with E-state index in [1.807, 2.05) is 0 Å². The van der Waals surface area contributed by atoms with E-state index in [4.69, 9.17) is 10.5 Å². The number of hydrogen-bond acceptors (Lipinski definition) is 5. The minimum Gasteiger partial charge on any atom is -0.476 e. The molecule has 0 atom stereocenters. The van der Waals surface area contributed by atoms with Gasteiger partial charge in [0.15, 0.2) is 0 Å². The summed E-state index contributed by atoms with van der Waals surface area (Å²) >= 11 is 0. The lowest BCUT2D eigenvalue weighted by Gasteiger charge is -2.05. The lowest BCUT2D eigenvalue weighted by molar-refractivity contribution is -0.386. The molecule has 0 amide bonds. The van der Waals surface area contributed by atoms with Crippen molar-refractivity contribution in [2.75, 3.05) is 13.7 Å². The molecule has 0 aliphatic carbocycles. The first-order valence-corrected chi connectivity index (χ1v) is 4.66. The fraction of sp³-hybridized carbons (Fsp3) is 0.300. The molecule has 16 heavy (non-hydrogen) atoms. The van der Waals surface area contributed by atoms with E-state index in [0.717, 1.165) is 0 Å². The molecule has 0 aliphatic heterocycles. The fourth-order valence-electron chi connectivity index (χ4n) is 1.31. The smallest absolute Gasteiger partial charge is 0.334 e. The normalized spacial score (nSPS) is 10.7. The van der Waals surface area contributed by atoms with Crippen LogP contribution in [0.2, 0.25) is 0 Å². The van der Waals surface area contributed by atoms with E-state index in [2.05, 4.69) is 4.98 Å². The minimum absolute atomic E-state index is 0.0207. The van der Waals surface area contributed by atoms with E-state index in [-0.39, 0.29) is 11.6 Å². The number of hydrogen-bond donors (Lipinski definition) is 1. The Morgan fingerprint density at radius 3 is 2.88 bits per heavy atom. The van der Waals surface area contributed by atoms with Gasteiger partial charge in [0.1, 0.15) is 0 Å². The maximum atomic E-state index is 10.9. The molecule has 6 nitrogen and oxygen atoms in total. The Morgan fingerprint density at radius 1 is 1.69 bits per heavy atom. The number of aromatic nitrogens is 1. The zero-order valence-corrected chi connectivity index (χ0v) is 9.14. The van der Waals surface area contributed by atoms with E-state index in [9.17, 15) is 10.1 Å². The molecule has 1 rings (SSSR count). The largest absolute Gasteiger partial charge is 0.476 e. The van der Waals surface area contributed by atoms with E-state index < -0.39 is 4.92 Å². The third-order valence-electron chi connectivity index (χ3n) is 2.12. The Morgan fingerprint density at radius 2 is 2.38 bits per heavy atom. The van der Waals surface area contributed by atoms with Gasteiger partial charge in [-0.05, 0) is 6.92 Å². The van der Waals surface area contributed by atoms with Crippen molar-refractivity contribution < 1.29 is 9.66 Å². The van der Waals surface area contributed by atoms with Gasteiger partial charge >= 0.3 is 5.69 Å². The molecule has 1 aromatic rings. The average molecular weight is 223 g/mol. The molecule has 0 bridgehead atoms. The van der Waals surface area contributed by atoms with Gasteiger partial charge in [-0.15, -0.1) is 0 Å². The Bertz CT molecular complexity index is 430. The highest BCUT2D eigenvalue weighted by atomic mass is 16.6. The number of nitrogens with two attached hydrogens (primary N) is 1. The topological polar surface area (TPSA) is 91.3 Å². The van der Waals surface area contributed by atoms with Crippen LogP contribution in [0.4, 0.5) is 5.69 Å². The molecule has 0 spiro atoms. The fourth-order valence-corrected chi connectivity index (χ4v) is 1.31. The molecule has 86 valence electrons. The van der Waals surface area contributed by atoms with Crippen LogP contribution in [-0.2, 0) is 0 Å². The second-order valence-electron chi connectivity index (χ2n) is 3.09. The summed E-state index contributed by atoms with van der Waals surface area (Å²) in [5, 5.41) is 10.9. The van der Waals surface area contributed by atoms with Crippen molar-refractivity contribution in [3.63, 3.8) is 0 Å². The molecule has 0 radical (unpaired) electrons. The molecule has 0 fully saturated rings. The summed E-state index contributed by atoms with van der Waals surface area (Å²) in [6.45, 7) is 2.03. The molecule has 1 heterocycles. The lowest BCUT2D eigenvalue weighted by atomic mass is 10.1. The predicted molar refractivity (Wildman–Crippen MR) is 60.3 cm³/mol. The number of methoxy groups -OCH3 is 1. The Labute approximate surface area is 92.9 Å². The first kappa shape index (κ1) is 12.1. The molecule has 1 aromatic heterocycles. The van der Waals surface area contributed by atoms with E-state index in [0.29, 0.717) is 17.7 Å². The van der Waals surface area contributed by atoms with Crippen molar-refractivity contribution in [1.29, 1.82) is 0 Å². The highest BCUT2D eigenvalue weighted by Crippen LogP contribution is 2.30. The van der Waals surface area contributed by atoms with Crippen molar-refractivity contribution in [3.05, 3.63) is 33.5 Å². The standard InChI is InChI=1S/C10H13N3O3/c1-7-8(4-3-5-11)6-12-10(16-2)9(7)13(14)15/h3-4,6H,5,11H2,1-2H3. The molecule has 0 unspecified atom stereocenters. The second-order valence-corrected chi connectivity index (χ2v) is 3.09. The lowest BCUT2D eigenvalue weighted by Crippen LogP contribution is -2.00. The maximum Gasteiger partial charge on any atom is 0.334 e. The van der Waals surface area contributed by atoms with Crippen LogP contribution in [0.15, 0.2) is 12.3 Å². The van der Waals surface area contributed by atoms with Gasteiger partial charge in [0.25, 0.3) is 5.88 Å². The van der Waals surface area contributed by atoms with Crippen LogP contribution in [-0.4, -0.2) is 23.6 Å². The van der Waals surface area contributed by atoms with Crippen molar-refractivity contribution in [2.45, 2.75) is 6.92 Å². The zero-order chi connectivity index (χ0) is 12.1. The first-order valence-electron chi connectivity index (χ1n) is 4.66. The SMILES string of the molecule is COc1ncc(C=CCN)c(C)c1[N+](=O)[O-]. The van der Waals surface area contributed by atoms with E-state index >= 15 is 0 Å². The first-order chi connectivity index (χ1) is 7.61. The van der Waals surface area contributed by atoms with Gasteiger partial charge in [0.05, 0.1) is 12.0 Å². The van der Waals surface area contributed by atoms with Gasteiger partial charge in [0, 0.05) is 23.9 Å². The summed E-state index contributed by atoms with van der Waals surface area (Å²) < 4.78 is 4.85. The van der Waals surface area contributed by atoms with E-state index in [1.54, 1.807) is 19.1 Å². The van der Waals surface area contributed by atoms with Gasteiger partial charge in [-0.1, -0.05) is 12.2 Å². The van der Waals surface area contributed by atoms with Crippen LogP contribution in [0.1, 0.15) is 11.1 Å². The summed E-state index contributed by atoms with van der Waals surface area (Å²) in [5.41, 5.74) is 6.39. The minimum atomic E-state index is -0.499. The van der Waals surface area contributed by atoms with Gasteiger partial charge in [-0.3, -0.25) is 10.1 Å². The zero-order valence-electron chi connectivity index (χ0n) is 9.14. The maximum absolute atomic E-state index is 10.9. The quantitative estimate of drug-likeness (QED) is 0.613. The molecule has 0 saturated heterocycles. The Hall–Kier alpha value is -1.95. The number of nitrogens with zero attached hydrogens (tertiary/aromatic N) is 2. The van der Waals surface area contributed by atoms with Crippen molar-refractivity contribution >= 4 is 11.8 Å². The number of nitro groups is 1. The molecular weight excluding hydrogens is 210 g/mol. The van der Waals surface area contributed by atoms with Crippen LogP contribution in [0.3, 0.4) is 0 Å². The van der Waals surface area contributed by atoms with Gasteiger partial charge in [0.2, 0.25) is 0 Å². The monoisotopic (exact) mass is 223 g/mol. The van der Waals surface area contributed by atoms with Crippen molar-refractivity contribution in [1.82, 2.24) is 4.98 Å². The van der Waals surface area contributed by atoms with Crippen LogP contribution >= 0.6 is 0 Å². The summed E-state index contributed by atoms with van der Waals surface area (Å²) in [4.78, 5) is 14.2.